The van der Waals surface area contributed by atoms with E-state index in [0.717, 1.165) is 5.56 Å². The molecule has 0 atom stereocenters. The minimum absolute atomic E-state index is 0.172. The summed E-state index contributed by atoms with van der Waals surface area (Å²) in [7, 11) is 1.49. The summed E-state index contributed by atoms with van der Waals surface area (Å²) in [5, 5.41) is 10.4. The van der Waals surface area contributed by atoms with Gasteiger partial charge in [0.1, 0.15) is 12.4 Å². The number of hydrogen-bond donors (Lipinski definition) is 0. The zero-order valence-electron chi connectivity index (χ0n) is 15.5. The van der Waals surface area contributed by atoms with Crippen LogP contribution < -0.4 is 9.47 Å². The second-order valence-corrected chi connectivity index (χ2v) is 6.88. The summed E-state index contributed by atoms with van der Waals surface area (Å²) >= 11 is 12.6. The summed E-state index contributed by atoms with van der Waals surface area (Å²) in [6.45, 7) is 0.212. The molecule has 0 heterocycles. The molecule has 0 amide bonds. The molecule has 3 aromatic rings. The Hall–Kier alpha value is -3.00. The average molecular weight is 428 g/mol. The van der Waals surface area contributed by atoms with Crippen molar-refractivity contribution in [3.63, 3.8) is 0 Å². The Morgan fingerprint density at radius 2 is 1.79 bits per heavy atom. The molecular formula is C23H16Cl2FNO2. The Morgan fingerprint density at radius 1 is 1.07 bits per heavy atom. The lowest BCUT2D eigenvalue weighted by atomic mass is 10.0. The molecule has 0 bridgehead atoms. The van der Waals surface area contributed by atoms with Crippen LogP contribution in [-0.4, -0.2) is 7.11 Å². The van der Waals surface area contributed by atoms with Crippen LogP contribution in [0.5, 0.6) is 11.5 Å². The number of methoxy groups -OCH3 is 1. The summed E-state index contributed by atoms with van der Waals surface area (Å²) in [5.74, 6) is 0.273. The molecule has 0 aliphatic rings. The Kier molecular flexibility index (Phi) is 6.77. The number of allylic oxidation sites excluding steroid dienone is 1. The molecule has 0 saturated carbocycles. The minimum Gasteiger partial charge on any atom is -0.493 e. The largest absolute Gasteiger partial charge is 0.493 e. The van der Waals surface area contributed by atoms with Crippen LogP contribution in [0.15, 0.2) is 60.7 Å². The molecule has 3 aromatic carbocycles. The smallest absolute Gasteiger partial charge is 0.180 e. The van der Waals surface area contributed by atoms with Crippen molar-refractivity contribution in [3.8, 4) is 17.6 Å². The van der Waals surface area contributed by atoms with E-state index in [1.165, 1.54) is 13.2 Å². The topological polar surface area (TPSA) is 42.2 Å². The third-order valence-corrected chi connectivity index (χ3v) is 4.83. The summed E-state index contributed by atoms with van der Waals surface area (Å²) in [6, 6.07) is 18.7. The maximum atomic E-state index is 14.0. The van der Waals surface area contributed by atoms with Gasteiger partial charge < -0.3 is 9.47 Å². The van der Waals surface area contributed by atoms with Crippen molar-refractivity contribution in [2.24, 2.45) is 0 Å². The average Bonchev–Trinajstić information content (AvgIpc) is 2.72. The van der Waals surface area contributed by atoms with Gasteiger partial charge in [0.25, 0.3) is 0 Å². The summed E-state index contributed by atoms with van der Waals surface area (Å²) < 4.78 is 25.3. The number of nitrogens with zero attached hydrogens (tertiary/aromatic N) is 1. The van der Waals surface area contributed by atoms with Crippen LogP contribution >= 0.6 is 23.2 Å². The van der Waals surface area contributed by atoms with Gasteiger partial charge in [0, 0.05) is 16.1 Å². The third kappa shape index (κ3) is 4.89. The maximum Gasteiger partial charge on any atom is 0.180 e. The van der Waals surface area contributed by atoms with Gasteiger partial charge in [-0.2, -0.15) is 5.26 Å². The molecule has 3 rings (SSSR count). The molecule has 3 nitrogen and oxygen atoms in total. The predicted octanol–water partition coefficient (Wildman–Crippen LogP) is 6.78. The van der Waals surface area contributed by atoms with Gasteiger partial charge in [0.2, 0.25) is 0 Å². The van der Waals surface area contributed by atoms with E-state index < -0.39 is 5.82 Å². The molecule has 0 aliphatic carbocycles. The molecule has 6 heteroatoms. The Morgan fingerprint density at radius 3 is 2.48 bits per heavy atom. The van der Waals surface area contributed by atoms with Crippen molar-refractivity contribution in [2.75, 3.05) is 7.11 Å². The Labute approximate surface area is 178 Å². The summed E-state index contributed by atoms with van der Waals surface area (Å²) in [5.41, 5.74) is 1.77. The number of nitriles is 1. The zero-order chi connectivity index (χ0) is 20.8. The van der Waals surface area contributed by atoms with E-state index in [0.29, 0.717) is 27.1 Å². The van der Waals surface area contributed by atoms with Crippen LogP contribution in [0.2, 0.25) is 10.0 Å². The molecule has 29 heavy (non-hydrogen) atoms. The van der Waals surface area contributed by atoms with Gasteiger partial charge in [-0.25, -0.2) is 4.39 Å². The quantitative estimate of drug-likeness (QED) is 0.321. The number of halogens is 3. The number of ether oxygens (including phenoxy) is 2. The molecule has 0 spiro atoms. The lowest BCUT2D eigenvalue weighted by molar-refractivity contribution is 0.285. The molecule has 0 N–H and O–H groups in total. The first-order chi connectivity index (χ1) is 14.0. The van der Waals surface area contributed by atoms with Gasteiger partial charge >= 0.3 is 0 Å². The highest BCUT2D eigenvalue weighted by Gasteiger charge is 2.14. The van der Waals surface area contributed by atoms with Gasteiger partial charge in [0.15, 0.2) is 11.5 Å². The predicted molar refractivity (Wildman–Crippen MR) is 114 cm³/mol. The third-order valence-electron chi connectivity index (χ3n) is 4.18. The van der Waals surface area contributed by atoms with Crippen molar-refractivity contribution in [2.45, 2.75) is 6.61 Å². The highest BCUT2D eigenvalue weighted by Crippen LogP contribution is 2.38. The normalized spacial score (nSPS) is 11.1. The Bertz CT molecular complexity index is 1110. The molecule has 0 unspecified atom stereocenters. The van der Waals surface area contributed by atoms with Crippen LogP contribution in [0.4, 0.5) is 4.39 Å². The fourth-order valence-electron chi connectivity index (χ4n) is 2.75. The van der Waals surface area contributed by atoms with Crippen LogP contribution in [0, 0.1) is 17.1 Å². The second kappa shape index (κ2) is 9.47. The molecule has 0 aromatic heterocycles. The Balaban J connectivity index is 1.93. The monoisotopic (exact) mass is 427 g/mol. The number of benzene rings is 3. The molecule has 0 radical (unpaired) electrons. The van der Waals surface area contributed by atoms with Gasteiger partial charge in [-0.05, 0) is 35.9 Å². The lowest BCUT2D eigenvalue weighted by Gasteiger charge is -2.14. The first-order valence-electron chi connectivity index (χ1n) is 8.64. The lowest BCUT2D eigenvalue weighted by Crippen LogP contribution is -1.99. The van der Waals surface area contributed by atoms with Crippen LogP contribution in [0.1, 0.15) is 16.7 Å². The minimum atomic E-state index is -0.474. The van der Waals surface area contributed by atoms with E-state index in [1.807, 2.05) is 24.3 Å². The van der Waals surface area contributed by atoms with E-state index in [9.17, 15) is 9.65 Å². The van der Waals surface area contributed by atoms with Crippen LogP contribution in [0.3, 0.4) is 0 Å². The molecule has 0 fully saturated rings. The zero-order valence-corrected chi connectivity index (χ0v) is 17.0. The first kappa shape index (κ1) is 20.7. The molecule has 0 aliphatic heterocycles. The van der Waals surface area contributed by atoms with E-state index in [1.54, 1.807) is 42.5 Å². The van der Waals surface area contributed by atoms with Crippen molar-refractivity contribution in [3.05, 3.63) is 93.2 Å². The van der Waals surface area contributed by atoms with Crippen molar-refractivity contribution in [1.29, 1.82) is 5.26 Å². The maximum absolute atomic E-state index is 14.0. The highest BCUT2D eigenvalue weighted by molar-refractivity contribution is 6.32. The summed E-state index contributed by atoms with van der Waals surface area (Å²) in [4.78, 5) is 0. The van der Waals surface area contributed by atoms with Gasteiger partial charge in [-0.3, -0.25) is 0 Å². The number of rotatable bonds is 6. The fourth-order valence-corrected chi connectivity index (χ4v) is 3.21. The van der Waals surface area contributed by atoms with Crippen molar-refractivity contribution < 1.29 is 13.9 Å². The van der Waals surface area contributed by atoms with E-state index in [2.05, 4.69) is 0 Å². The molecule has 146 valence electrons. The van der Waals surface area contributed by atoms with Crippen LogP contribution in [0.25, 0.3) is 11.6 Å². The van der Waals surface area contributed by atoms with Crippen LogP contribution in [-0.2, 0) is 6.61 Å². The standard InChI is InChI=1S/C23H16Cl2FNO2/c1-28-22-12-15(10-17(13-27)18-7-3-5-9-21(18)26)11-20(25)23(22)29-14-16-6-2-4-8-19(16)24/h2-12H,14H2,1H3/b17-10-. The van der Waals surface area contributed by atoms with Crippen molar-refractivity contribution >= 4 is 34.9 Å². The van der Waals surface area contributed by atoms with Gasteiger partial charge in [-0.15, -0.1) is 0 Å². The first-order valence-corrected chi connectivity index (χ1v) is 9.39. The summed E-state index contributed by atoms with van der Waals surface area (Å²) in [6.07, 6.45) is 1.55. The fraction of sp³-hybridized carbons (Fsp3) is 0.0870. The van der Waals surface area contributed by atoms with Gasteiger partial charge in [0.05, 0.1) is 23.8 Å². The van der Waals surface area contributed by atoms with E-state index in [4.69, 9.17) is 32.7 Å². The van der Waals surface area contributed by atoms with E-state index in [-0.39, 0.29) is 17.7 Å². The molecular weight excluding hydrogens is 412 g/mol. The second-order valence-electron chi connectivity index (χ2n) is 6.06. The number of hydrogen-bond acceptors (Lipinski definition) is 3. The molecule has 0 saturated heterocycles. The SMILES string of the molecule is COc1cc(/C=C(/C#N)c2ccccc2F)cc(Cl)c1OCc1ccccc1Cl. The van der Waals surface area contributed by atoms with E-state index >= 15 is 0 Å². The van der Waals surface area contributed by atoms with Gasteiger partial charge in [-0.1, -0.05) is 59.6 Å². The highest BCUT2D eigenvalue weighted by atomic mass is 35.5. The van der Waals surface area contributed by atoms with Crippen molar-refractivity contribution in [1.82, 2.24) is 0 Å².